The first kappa shape index (κ1) is 22.3. The summed E-state index contributed by atoms with van der Waals surface area (Å²) in [5.41, 5.74) is 7.87. The van der Waals surface area contributed by atoms with Gasteiger partial charge in [0.2, 0.25) is 0 Å². The highest BCUT2D eigenvalue weighted by molar-refractivity contribution is 14.0. The number of hydrogen-bond donors (Lipinski definition) is 3. The largest absolute Gasteiger partial charge is 0.450 e. The number of ether oxygens (including phenoxy) is 1. The van der Waals surface area contributed by atoms with Crippen molar-refractivity contribution in [2.45, 2.75) is 32.2 Å². The lowest BCUT2D eigenvalue weighted by atomic mass is 10.1. The van der Waals surface area contributed by atoms with Crippen molar-refractivity contribution in [3.05, 3.63) is 35.8 Å². The number of carbonyl (C=O) groups excluding carboxylic acids is 1. The van der Waals surface area contributed by atoms with Crippen LogP contribution in [-0.2, 0) is 11.2 Å². The average molecular weight is 503 g/mol. The summed E-state index contributed by atoms with van der Waals surface area (Å²) in [6.45, 7) is 4.04. The fourth-order valence-electron chi connectivity index (χ4n) is 3.34. The minimum Gasteiger partial charge on any atom is -0.450 e. The number of guanidine groups is 1. The molecule has 9 heteroatoms. The third kappa shape index (κ3) is 5.73. The second-order valence-corrected chi connectivity index (χ2v) is 6.63. The molecule has 7 nitrogen and oxygen atoms in total. The van der Waals surface area contributed by atoms with E-state index in [2.05, 4.69) is 15.3 Å². The molecule has 0 atom stereocenters. The molecule has 28 heavy (non-hydrogen) atoms. The molecule has 154 valence electrons. The predicted molar refractivity (Wildman–Crippen MR) is 119 cm³/mol. The van der Waals surface area contributed by atoms with Crippen molar-refractivity contribution in [1.29, 1.82) is 0 Å². The number of piperidine rings is 1. The number of aliphatic imine (C=N–C) groups is 1. The zero-order chi connectivity index (χ0) is 19.2. The molecule has 0 aliphatic carbocycles. The summed E-state index contributed by atoms with van der Waals surface area (Å²) in [5, 5.41) is 4.23. The third-order valence-electron chi connectivity index (χ3n) is 4.77. The summed E-state index contributed by atoms with van der Waals surface area (Å²) in [5.74, 6) is 0.159. The molecule has 0 radical (unpaired) electrons. The van der Waals surface area contributed by atoms with Gasteiger partial charge in [-0.3, -0.25) is 4.99 Å². The summed E-state index contributed by atoms with van der Waals surface area (Å²) in [7, 11) is 0. The van der Waals surface area contributed by atoms with E-state index < -0.39 is 0 Å². The van der Waals surface area contributed by atoms with Gasteiger partial charge in [-0.1, -0.05) is 0 Å². The van der Waals surface area contributed by atoms with E-state index in [0.717, 1.165) is 35.7 Å². The standard InChI is InChI=1S/C19H26FN5O2.HI/c1-2-27-19(26)25-9-6-15(7-10-25)24-18(21)22-8-5-13-12-23-17-11-14(20)3-4-16(13)17;/h3-4,11-12,15,23H,2,5-10H2,1H3,(H3,21,22,24);1H. The fourth-order valence-corrected chi connectivity index (χ4v) is 3.34. The molecule has 3 rings (SSSR count). The van der Waals surface area contributed by atoms with E-state index in [1.54, 1.807) is 17.9 Å². The van der Waals surface area contributed by atoms with E-state index in [1.807, 2.05) is 6.20 Å². The molecule has 0 spiro atoms. The Hall–Kier alpha value is -2.04. The van der Waals surface area contributed by atoms with Gasteiger partial charge < -0.3 is 25.7 Å². The van der Waals surface area contributed by atoms with Crippen molar-refractivity contribution in [2.75, 3.05) is 26.2 Å². The average Bonchev–Trinajstić information content (AvgIpc) is 3.04. The smallest absolute Gasteiger partial charge is 0.409 e. The van der Waals surface area contributed by atoms with Crippen LogP contribution in [0.5, 0.6) is 0 Å². The quantitative estimate of drug-likeness (QED) is 0.332. The summed E-state index contributed by atoms with van der Waals surface area (Å²) < 4.78 is 18.3. The number of nitrogens with zero attached hydrogens (tertiary/aromatic N) is 2. The lowest BCUT2D eigenvalue weighted by molar-refractivity contribution is 0.0963. The van der Waals surface area contributed by atoms with Crippen LogP contribution in [0.15, 0.2) is 29.4 Å². The van der Waals surface area contributed by atoms with Crippen molar-refractivity contribution >= 4 is 46.9 Å². The first-order valence-corrected chi connectivity index (χ1v) is 9.30. The molecule has 2 heterocycles. The lowest BCUT2D eigenvalue weighted by Crippen LogP contribution is -2.48. The van der Waals surface area contributed by atoms with Gasteiger partial charge >= 0.3 is 6.09 Å². The normalized spacial score (nSPS) is 15.4. The summed E-state index contributed by atoms with van der Waals surface area (Å²) in [4.78, 5) is 20.9. The number of carbonyl (C=O) groups is 1. The van der Waals surface area contributed by atoms with Gasteiger partial charge in [0.15, 0.2) is 5.96 Å². The van der Waals surface area contributed by atoms with Gasteiger partial charge in [-0.05, 0) is 49.9 Å². The molecule has 0 saturated carbocycles. The molecule has 1 aromatic heterocycles. The van der Waals surface area contributed by atoms with E-state index in [1.165, 1.54) is 12.1 Å². The first-order valence-electron chi connectivity index (χ1n) is 9.30. The zero-order valence-electron chi connectivity index (χ0n) is 15.9. The molecule has 0 unspecified atom stereocenters. The Balaban J connectivity index is 0.00000280. The van der Waals surface area contributed by atoms with Crippen LogP contribution in [0, 0.1) is 5.82 Å². The number of aromatic nitrogens is 1. The third-order valence-corrected chi connectivity index (χ3v) is 4.77. The number of benzene rings is 1. The van der Waals surface area contributed by atoms with Crippen molar-refractivity contribution in [3.63, 3.8) is 0 Å². The first-order chi connectivity index (χ1) is 13.1. The summed E-state index contributed by atoms with van der Waals surface area (Å²) in [6.07, 6.45) is 3.96. The van der Waals surface area contributed by atoms with Crippen LogP contribution in [0.4, 0.5) is 9.18 Å². The molecule has 1 saturated heterocycles. The van der Waals surface area contributed by atoms with Gasteiger partial charge in [0.25, 0.3) is 0 Å². The number of H-pyrrole nitrogens is 1. The maximum absolute atomic E-state index is 13.2. The topological polar surface area (TPSA) is 95.7 Å². The number of fused-ring (bicyclic) bond motifs is 1. The molecular weight excluding hydrogens is 476 g/mol. The van der Waals surface area contributed by atoms with Crippen LogP contribution in [-0.4, -0.2) is 54.2 Å². The Kier molecular flexibility index (Phi) is 8.34. The maximum Gasteiger partial charge on any atom is 0.409 e. The predicted octanol–water partition coefficient (Wildman–Crippen LogP) is 2.99. The van der Waals surface area contributed by atoms with Crippen molar-refractivity contribution in [2.24, 2.45) is 10.7 Å². The number of hydrogen-bond acceptors (Lipinski definition) is 3. The number of nitrogens with one attached hydrogen (secondary N) is 2. The van der Waals surface area contributed by atoms with Crippen LogP contribution >= 0.6 is 24.0 Å². The van der Waals surface area contributed by atoms with Gasteiger partial charge in [-0.25, -0.2) is 9.18 Å². The minimum absolute atomic E-state index is 0. The zero-order valence-corrected chi connectivity index (χ0v) is 18.2. The molecule has 1 amide bonds. The highest BCUT2D eigenvalue weighted by atomic mass is 127. The van der Waals surface area contributed by atoms with Crippen LogP contribution in [0.1, 0.15) is 25.3 Å². The van der Waals surface area contributed by atoms with E-state index in [0.29, 0.717) is 32.2 Å². The Labute approximate surface area is 180 Å². The van der Waals surface area contributed by atoms with Gasteiger partial charge in [0.05, 0.1) is 6.61 Å². The molecule has 0 bridgehead atoms. The molecule has 1 aromatic carbocycles. The van der Waals surface area contributed by atoms with Crippen molar-refractivity contribution < 1.29 is 13.9 Å². The second kappa shape index (κ2) is 10.5. The number of amides is 1. The molecule has 1 fully saturated rings. The van der Waals surface area contributed by atoms with E-state index in [-0.39, 0.29) is 41.9 Å². The second-order valence-electron chi connectivity index (χ2n) is 6.63. The van der Waals surface area contributed by atoms with Gasteiger partial charge in [-0.15, -0.1) is 24.0 Å². The SMILES string of the molecule is CCOC(=O)N1CCC(NC(N)=NCCc2c[nH]c3cc(F)ccc23)CC1.I. The van der Waals surface area contributed by atoms with Crippen molar-refractivity contribution in [3.8, 4) is 0 Å². The van der Waals surface area contributed by atoms with Crippen LogP contribution in [0.25, 0.3) is 10.9 Å². The number of aromatic amines is 1. The number of rotatable bonds is 5. The Morgan fingerprint density at radius 1 is 1.43 bits per heavy atom. The summed E-state index contributed by atoms with van der Waals surface area (Å²) >= 11 is 0. The lowest BCUT2D eigenvalue weighted by Gasteiger charge is -2.31. The van der Waals surface area contributed by atoms with Crippen molar-refractivity contribution in [1.82, 2.24) is 15.2 Å². The van der Waals surface area contributed by atoms with Crippen LogP contribution < -0.4 is 11.1 Å². The maximum atomic E-state index is 13.2. The van der Waals surface area contributed by atoms with E-state index in [9.17, 15) is 9.18 Å². The molecule has 1 aliphatic heterocycles. The van der Waals surface area contributed by atoms with Gasteiger partial charge in [-0.2, -0.15) is 0 Å². The molecule has 4 N–H and O–H groups in total. The highest BCUT2D eigenvalue weighted by Gasteiger charge is 2.23. The fraction of sp³-hybridized carbons (Fsp3) is 0.474. The number of halogens is 2. The van der Waals surface area contributed by atoms with Gasteiger partial charge in [0, 0.05) is 42.8 Å². The monoisotopic (exact) mass is 503 g/mol. The van der Waals surface area contributed by atoms with Crippen LogP contribution in [0.3, 0.4) is 0 Å². The molecule has 2 aromatic rings. The number of likely N-dealkylation sites (tertiary alicyclic amines) is 1. The van der Waals surface area contributed by atoms with E-state index in [4.69, 9.17) is 10.5 Å². The van der Waals surface area contributed by atoms with Gasteiger partial charge in [0.1, 0.15) is 5.82 Å². The van der Waals surface area contributed by atoms with Crippen LogP contribution in [0.2, 0.25) is 0 Å². The summed E-state index contributed by atoms with van der Waals surface area (Å²) in [6, 6.07) is 4.93. The molecule has 1 aliphatic rings. The Morgan fingerprint density at radius 3 is 2.89 bits per heavy atom. The molecular formula is C19H27FIN5O2. The number of nitrogens with two attached hydrogens (primary N) is 1. The Bertz CT molecular complexity index is 818. The van der Waals surface area contributed by atoms with E-state index >= 15 is 0 Å². The minimum atomic E-state index is -0.254. The highest BCUT2D eigenvalue weighted by Crippen LogP contribution is 2.19. The Morgan fingerprint density at radius 2 is 2.18 bits per heavy atom.